The molecule has 0 aliphatic carbocycles. The molecule has 0 spiro atoms. The van der Waals surface area contributed by atoms with Gasteiger partial charge >= 0.3 is 0 Å². The number of hydrogen-bond donors (Lipinski definition) is 3. The molecule has 1 heterocycles. The Balaban J connectivity index is 1.97. The summed E-state index contributed by atoms with van der Waals surface area (Å²) in [7, 11) is 0. The number of aliphatic hydroxyl groups is 1. The first kappa shape index (κ1) is 14.0. The summed E-state index contributed by atoms with van der Waals surface area (Å²) in [5, 5.41) is 16.6. The van der Waals surface area contributed by atoms with Gasteiger partial charge in [0.2, 0.25) is 5.91 Å². The Morgan fingerprint density at radius 1 is 1.32 bits per heavy atom. The van der Waals surface area contributed by atoms with Gasteiger partial charge in [0, 0.05) is 17.9 Å². The molecule has 0 radical (unpaired) electrons. The molecular weight excluding hydrogens is 328 g/mol. The molecule has 4 nitrogen and oxygen atoms in total. The molecule has 1 aromatic heterocycles. The molecule has 6 heteroatoms. The van der Waals surface area contributed by atoms with E-state index in [1.54, 1.807) is 17.4 Å². The van der Waals surface area contributed by atoms with Gasteiger partial charge in [-0.1, -0.05) is 6.07 Å². The summed E-state index contributed by atoms with van der Waals surface area (Å²) in [6.07, 6.45) is 0. The second-order valence-corrected chi connectivity index (χ2v) is 6.19. The van der Waals surface area contributed by atoms with Crippen LogP contribution in [-0.4, -0.2) is 17.6 Å². The predicted molar refractivity (Wildman–Crippen MR) is 81.5 cm³/mol. The van der Waals surface area contributed by atoms with Crippen LogP contribution in [-0.2, 0) is 11.3 Å². The topological polar surface area (TPSA) is 61.4 Å². The minimum absolute atomic E-state index is 0.418. The second-order valence-electron chi connectivity index (χ2n) is 3.90. The third-order valence-corrected chi connectivity index (χ3v) is 3.96. The van der Waals surface area contributed by atoms with Crippen LogP contribution in [0.5, 0.6) is 0 Å². The highest BCUT2D eigenvalue weighted by Gasteiger charge is 2.01. The third-order valence-electron chi connectivity index (χ3n) is 2.41. The van der Waals surface area contributed by atoms with Crippen LogP contribution in [0.15, 0.2) is 39.5 Å². The van der Waals surface area contributed by atoms with Crippen molar-refractivity contribution in [3.8, 4) is 0 Å². The highest BCUT2D eigenvalue weighted by Crippen LogP contribution is 2.22. The van der Waals surface area contributed by atoms with Gasteiger partial charge < -0.3 is 15.7 Å². The molecule has 0 unspecified atom stereocenters. The fraction of sp³-hybridized carbons (Fsp3) is 0.154. The number of carbonyl (C=O) groups is 1. The standard InChI is InChI=1S/C13H13BrN2O2S/c14-12-4-9(8-19-12)6-15-10-2-1-3-11(5-10)16-13(18)7-17/h1-5,8,15,17H,6-7H2,(H,16,18). The Morgan fingerprint density at radius 3 is 2.79 bits per heavy atom. The van der Waals surface area contributed by atoms with E-state index in [-0.39, 0.29) is 0 Å². The fourth-order valence-corrected chi connectivity index (χ4v) is 2.76. The third kappa shape index (κ3) is 4.34. The summed E-state index contributed by atoms with van der Waals surface area (Å²) >= 11 is 5.07. The van der Waals surface area contributed by atoms with E-state index in [9.17, 15) is 4.79 Å². The first-order valence-corrected chi connectivity index (χ1v) is 7.32. The zero-order valence-corrected chi connectivity index (χ0v) is 12.4. The number of carbonyl (C=O) groups excluding carboxylic acids is 1. The summed E-state index contributed by atoms with van der Waals surface area (Å²) in [5.41, 5.74) is 2.77. The van der Waals surface area contributed by atoms with E-state index >= 15 is 0 Å². The van der Waals surface area contributed by atoms with Gasteiger partial charge in [-0.25, -0.2) is 0 Å². The molecule has 0 aliphatic heterocycles. The smallest absolute Gasteiger partial charge is 0.250 e. The van der Waals surface area contributed by atoms with Crippen molar-refractivity contribution in [3.05, 3.63) is 45.1 Å². The van der Waals surface area contributed by atoms with Gasteiger partial charge in [0.05, 0.1) is 3.79 Å². The SMILES string of the molecule is O=C(CO)Nc1cccc(NCc2csc(Br)c2)c1. The number of halogens is 1. The first-order valence-electron chi connectivity index (χ1n) is 5.65. The average Bonchev–Trinajstić information content (AvgIpc) is 2.82. The van der Waals surface area contributed by atoms with Crippen molar-refractivity contribution in [3.63, 3.8) is 0 Å². The number of thiophene rings is 1. The fourth-order valence-electron chi connectivity index (χ4n) is 1.55. The van der Waals surface area contributed by atoms with Crippen molar-refractivity contribution in [2.24, 2.45) is 0 Å². The number of rotatable bonds is 5. The van der Waals surface area contributed by atoms with Crippen LogP contribution >= 0.6 is 27.3 Å². The summed E-state index contributed by atoms with van der Waals surface area (Å²) in [5.74, 6) is -0.418. The molecule has 2 aromatic rings. The number of amides is 1. The molecule has 0 atom stereocenters. The Hall–Kier alpha value is -1.37. The molecule has 100 valence electrons. The number of hydrogen-bond acceptors (Lipinski definition) is 4. The van der Waals surface area contributed by atoms with E-state index in [4.69, 9.17) is 5.11 Å². The van der Waals surface area contributed by atoms with Gasteiger partial charge in [0.1, 0.15) is 6.61 Å². The zero-order chi connectivity index (χ0) is 13.7. The maximum Gasteiger partial charge on any atom is 0.250 e. The lowest BCUT2D eigenvalue weighted by atomic mass is 10.2. The van der Waals surface area contributed by atoms with Crippen molar-refractivity contribution in [1.82, 2.24) is 0 Å². The van der Waals surface area contributed by atoms with E-state index in [2.05, 4.69) is 38.0 Å². The molecule has 0 saturated heterocycles. The lowest BCUT2D eigenvalue weighted by Crippen LogP contribution is -2.15. The quantitative estimate of drug-likeness (QED) is 0.783. The van der Waals surface area contributed by atoms with Gasteiger partial charge in [-0.2, -0.15) is 0 Å². The van der Waals surface area contributed by atoms with Crippen molar-refractivity contribution in [1.29, 1.82) is 0 Å². The first-order chi connectivity index (χ1) is 9.17. The lowest BCUT2D eigenvalue weighted by Gasteiger charge is -2.08. The van der Waals surface area contributed by atoms with Gasteiger partial charge in [0.15, 0.2) is 0 Å². The van der Waals surface area contributed by atoms with Crippen molar-refractivity contribution >= 4 is 44.5 Å². The summed E-state index contributed by atoms with van der Waals surface area (Å²) in [4.78, 5) is 11.1. The lowest BCUT2D eigenvalue weighted by molar-refractivity contribution is -0.118. The number of nitrogens with one attached hydrogen (secondary N) is 2. The van der Waals surface area contributed by atoms with E-state index in [1.165, 1.54) is 5.56 Å². The maximum atomic E-state index is 11.1. The van der Waals surface area contributed by atoms with Crippen molar-refractivity contribution in [2.75, 3.05) is 17.2 Å². The largest absolute Gasteiger partial charge is 0.387 e. The van der Waals surface area contributed by atoms with Crippen LogP contribution < -0.4 is 10.6 Å². The summed E-state index contributed by atoms with van der Waals surface area (Å²) in [6.45, 7) is 0.208. The van der Waals surface area contributed by atoms with E-state index < -0.39 is 12.5 Å². The van der Waals surface area contributed by atoms with E-state index in [0.717, 1.165) is 16.0 Å². The zero-order valence-electron chi connectivity index (χ0n) is 10.0. The van der Waals surface area contributed by atoms with Crippen LogP contribution in [0, 0.1) is 0 Å². The summed E-state index contributed by atoms with van der Waals surface area (Å²) < 4.78 is 1.10. The normalized spacial score (nSPS) is 10.2. The molecule has 0 saturated carbocycles. The van der Waals surface area contributed by atoms with Crippen LogP contribution in [0.1, 0.15) is 5.56 Å². The highest BCUT2D eigenvalue weighted by atomic mass is 79.9. The molecule has 1 amide bonds. The number of anilines is 2. The molecule has 0 aliphatic rings. The Labute approximate surface area is 123 Å². The molecular formula is C13H13BrN2O2S. The van der Waals surface area contributed by atoms with Crippen molar-refractivity contribution in [2.45, 2.75) is 6.54 Å². The monoisotopic (exact) mass is 340 g/mol. The van der Waals surface area contributed by atoms with Gasteiger partial charge in [0.25, 0.3) is 0 Å². The van der Waals surface area contributed by atoms with Gasteiger partial charge in [-0.15, -0.1) is 11.3 Å². The molecule has 3 N–H and O–H groups in total. The van der Waals surface area contributed by atoms with Crippen LogP contribution in [0.4, 0.5) is 11.4 Å². The second kappa shape index (κ2) is 6.70. The Kier molecular flexibility index (Phi) is 4.95. The van der Waals surface area contributed by atoms with E-state index in [0.29, 0.717) is 5.69 Å². The molecule has 0 fully saturated rings. The van der Waals surface area contributed by atoms with Crippen LogP contribution in [0.2, 0.25) is 0 Å². The minimum Gasteiger partial charge on any atom is -0.387 e. The van der Waals surface area contributed by atoms with E-state index in [1.807, 2.05) is 18.2 Å². The molecule has 1 aromatic carbocycles. The molecule has 19 heavy (non-hydrogen) atoms. The van der Waals surface area contributed by atoms with Gasteiger partial charge in [-0.3, -0.25) is 4.79 Å². The molecule has 0 bridgehead atoms. The average molecular weight is 341 g/mol. The minimum atomic E-state index is -0.513. The van der Waals surface area contributed by atoms with Crippen LogP contribution in [0.25, 0.3) is 0 Å². The van der Waals surface area contributed by atoms with Gasteiger partial charge in [-0.05, 0) is 51.1 Å². The number of aliphatic hydroxyl groups excluding tert-OH is 1. The summed E-state index contributed by atoms with van der Waals surface area (Å²) in [6, 6.07) is 9.44. The molecule has 2 rings (SSSR count). The van der Waals surface area contributed by atoms with Crippen LogP contribution in [0.3, 0.4) is 0 Å². The maximum absolute atomic E-state index is 11.1. The van der Waals surface area contributed by atoms with Crippen molar-refractivity contribution < 1.29 is 9.90 Å². The predicted octanol–water partition coefficient (Wildman–Crippen LogP) is 3.05. The number of benzene rings is 1. The Morgan fingerprint density at radius 2 is 2.11 bits per heavy atom. The highest BCUT2D eigenvalue weighted by molar-refractivity contribution is 9.11. The Bertz CT molecular complexity index is 571.